The van der Waals surface area contributed by atoms with E-state index in [9.17, 15) is 18.0 Å². The number of alkyl halides is 3. The van der Waals surface area contributed by atoms with Crippen LogP contribution in [0.4, 0.5) is 13.2 Å². The fourth-order valence-corrected chi connectivity index (χ4v) is 1.89. The second-order valence-corrected chi connectivity index (χ2v) is 5.18. The van der Waals surface area contributed by atoms with Crippen LogP contribution in [-0.2, 0) is 0 Å². The van der Waals surface area contributed by atoms with Crippen molar-refractivity contribution >= 4 is 5.91 Å². The van der Waals surface area contributed by atoms with Crippen molar-refractivity contribution < 1.29 is 27.4 Å². The number of benzene rings is 1. The summed E-state index contributed by atoms with van der Waals surface area (Å²) < 4.78 is 46.2. The Balaban J connectivity index is 1.82. The van der Waals surface area contributed by atoms with E-state index in [0.717, 1.165) is 0 Å². The van der Waals surface area contributed by atoms with Gasteiger partial charge in [0.2, 0.25) is 5.88 Å². The van der Waals surface area contributed by atoms with Crippen LogP contribution in [0, 0.1) is 0 Å². The molecule has 0 atom stereocenters. The van der Waals surface area contributed by atoms with Gasteiger partial charge in [-0.3, -0.25) is 4.79 Å². The number of para-hydroxylation sites is 1. The topological polar surface area (TPSA) is 51.7 Å². The molecular formula is C17H17F3N2O3. The maximum atomic E-state index is 12.2. The first kappa shape index (κ1) is 18.6. The lowest BCUT2D eigenvalue weighted by Crippen LogP contribution is -2.31. The number of amides is 1. The highest BCUT2D eigenvalue weighted by molar-refractivity contribution is 5.93. The van der Waals surface area contributed by atoms with Gasteiger partial charge in [-0.05, 0) is 18.2 Å². The van der Waals surface area contributed by atoms with Crippen molar-refractivity contribution in [2.24, 2.45) is 0 Å². The Bertz CT molecular complexity index is 676. The molecule has 1 heterocycles. The summed E-state index contributed by atoms with van der Waals surface area (Å²) in [5.74, 6) is 0.201. The number of rotatable bonds is 7. The number of carbonyl (C=O) groups excluding carboxylic acids is 1. The summed E-state index contributed by atoms with van der Waals surface area (Å²) in [6.45, 7) is -0.767. The van der Waals surface area contributed by atoms with Crippen LogP contribution in [0.25, 0.3) is 0 Å². The van der Waals surface area contributed by atoms with E-state index in [1.165, 1.54) is 23.2 Å². The highest BCUT2D eigenvalue weighted by Crippen LogP contribution is 2.17. The van der Waals surface area contributed by atoms with E-state index in [2.05, 4.69) is 9.72 Å². The SMILES string of the molecule is CN(CCOc1ccccc1)C(=O)c1ccc(OCC(F)(F)F)nc1. The molecule has 1 aromatic heterocycles. The van der Waals surface area contributed by atoms with E-state index >= 15 is 0 Å². The third-order valence-corrected chi connectivity index (χ3v) is 3.15. The smallest absolute Gasteiger partial charge is 0.422 e. The summed E-state index contributed by atoms with van der Waals surface area (Å²) in [4.78, 5) is 17.4. The van der Waals surface area contributed by atoms with E-state index in [0.29, 0.717) is 18.9 Å². The molecule has 0 spiro atoms. The number of halogens is 3. The minimum atomic E-state index is -4.44. The number of carbonyl (C=O) groups is 1. The lowest BCUT2D eigenvalue weighted by Gasteiger charge is -2.17. The zero-order valence-corrected chi connectivity index (χ0v) is 13.5. The van der Waals surface area contributed by atoms with Crippen molar-refractivity contribution in [1.29, 1.82) is 0 Å². The fraction of sp³-hybridized carbons (Fsp3) is 0.294. The molecular weight excluding hydrogens is 337 g/mol. The molecule has 0 saturated heterocycles. The number of aromatic nitrogens is 1. The zero-order valence-electron chi connectivity index (χ0n) is 13.5. The van der Waals surface area contributed by atoms with Crippen LogP contribution < -0.4 is 9.47 Å². The first-order chi connectivity index (χ1) is 11.8. The van der Waals surface area contributed by atoms with Crippen molar-refractivity contribution in [3.63, 3.8) is 0 Å². The number of nitrogens with zero attached hydrogens (tertiary/aromatic N) is 2. The van der Waals surface area contributed by atoms with Gasteiger partial charge in [0.05, 0.1) is 12.1 Å². The first-order valence-corrected chi connectivity index (χ1v) is 7.44. The number of hydrogen-bond acceptors (Lipinski definition) is 4. The van der Waals surface area contributed by atoms with Gasteiger partial charge in [-0.1, -0.05) is 18.2 Å². The van der Waals surface area contributed by atoms with Crippen molar-refractivity contribution in [2.75, 3.05) is 26.8 Å². The van der Waals surface area contributed by atoms with Crippen LogP contribution >= 0.6 is 0 Å². The second-order valence-electron chi connectivity index (χ2n) is 5.18. The summed E-state index contributed by atoms with van der Waals surface area (Å²) in [5, 5.41) is 0. The Kier molecular flexibility index (Phi) is 6.21. The molecule has 0 fully saturated rings. The summed E-state index contributed by atoms with van der Waals surface area (Å²) in [6.07, 6.45) is -3.25. The van der Waals surface area contributed by atoms with Gasteiger partial charge in [-0.15, -0.1) is 0 Å². The van der Waals surface area contributed by atoms with Gasteiger partial charge >= 0.3 is 6.18 Å². The predicted molar refractivity (Wildman–Crippen MR) is 84.7 cm³/mol. The summed E-state index contributed by atoms with van der Waals surface area (Å²) >= 11 is 0. The largest absolute Gasteiger partial charge is 0.492 e. The van der Waals surface area contributed by atoms with Crippen LogP contribution in [-0.4, -0.2) is 48.8 Å². The van der Waals surface area contributed by atoms with Crippen molar-refractivity contribution in [2.45, 2.75) is 6.18 Å². The summed E-state index contributed by atoms with van der Waals surface area (Å²) in [5.41, 5.74) is 0.251. The highest BCUT2D eigenvalue weighted by Gasteiger charge is 2.28. The van der Waals surface area contributed by atoms with Crippen LogP contribution in [0.2, 0.25) is 0 Å². The third kappa shape index (κ3) is 6.33. The molecule has 2 rings (SSSR count). The number of likely N-dealkylation sites (N-methyl/N-ethyl adjacent to an activating group) is 1. The molecule has 0 bridgehead atoms. The van der Waals surface area contributed by atoms with Crippen LogP contribution in [0.3, 0.4) is 0 Å². The number of ether oxygens (including phenoxy) is 2. The van der Waals surface area contributed by atoms with Crippen molar-refractivity contribution in [3.8, 4) is 11.6 Å². The van der Waals surface area contributed by atoms with E-state index in [1.54, 1.807) is 7.05 Å². The number of pyridine rings is 1. The third-order valence-electron chi connectivity index (χ3n) is 3.15. The van der Waals surface area contributed by atoms with Crippen molar-refractivity contribution in [1.82, 2.24) is 9.88 Å². The van der Waals surface area contributed by atoms with Gasteiger partial charge in [-0.2, -0.15) is 13.2 Å². The lowest BCUT2D eigenvalue weighted by atomic mass is 10.2. The Morgan fingerprint density at radius 2 is 1.84 bits per heavy atom. The molecule has 134 valence electrons. The quantitative estimate of drug-likeness (QED) is 0.766. The molecule has 0 radical (unpaired) electrons. The van der Waals surface area contributed by atoms with E-state index in [4.69, 9.17) is 4.74 Å². The minimum absolute atomic E-state index is 0.191. The molecule has 2 aromatic rings. The maximum absolute atomic E-state index is 12.2. The van der Waals surface area contributed by atoms with Gasteiger partial charge in [-0.25, -0.2) is 4.98 Å². The average Bonchev–Trinajstić information content (AvgIpc) is 2.60. The van der Waals surface area contributed by atoms with Crippen LogP contribution in [0.5, 0.6) is 11.6 Å². The molecule has 0 N–H and O–H groups in total. The van der Waals surface area contributed by atoms with Gasteiger partial charge < -0.3 is 14.4 Å². The fourth-order valence-electron chi connectivity index (χ4n) is 1.89. The molecule has 8 heteroatoms. The Labute approximate surface area is 143 Å². The maximum Gasteiger partial charge on any atom is 0.422 e. The monoisotopic (exact) mass is 354 g/mol. The van der Waals surface area contributed by atoms with E-state index in [1.807, 2.05) is 30.3 Å². The molecule has 1 aromatic carbocycles. The summed E-state index contributed by atoms with van der Waals surface area (Å²) in [7, 11) is 1.60. The van der Waals surface area contributed by atoms with Gasteiger partial charge in [0.25, 0.3) is 5.91 Å². The Hall–Kier alpha value is -2.77. The second kappa shape index (κ2) is 8.36. The molecule has 5 nitrogen and oxygen atoms in total. The van der Waals surface area contributed by atoms with E-state index < -0.39 is 12.8 Å². The molecule has 0 unspecified atom stereocenters. The number of hydrogen-bond donors (Lipinski definition) is 0. The molecule has 0 aliphatic carbocycles. The van der Waals surface area contributed by atoms with Gasteiger partial charge in [0, 0.05) is 19.3 Å². The highest BCUT2D eigenvalue weighted by atomic mass is 19.4. The van der Waals surface area contributed by atoms with E-state index in [-0.39, 0.29) is 17.4 Å². The molecule has 0 aliphatic heterocycles. The predicted octanol–water partition coefficient (Wildman–Crippen LogP) is 3.17. The molecule has 1 amide bonds. The first-order valence-electron chi connectivity index (χ1n) is 7.44. The molecule has 0 saturated carbocycles. The lowest BCUT2D eigenvalue weighted by molar-refractivity contribution is -0.154. The van der Waals surface area contributed by atoms with Crippen LogP contribution in [0.1, 0.15) is 10.4 Å². The van der Waals surface area contributed by atoms with Crippen LogP contribution in [0.15, 0.2) is 48.7 Å². The average molecular weight is 354 g/mol. The Morgan fingerprint density at radius 3 is 2.44 bits per heavy atom. The summed E-state index contributed by atoms with van der Waals surface area (Å²) in [6, 6.07) is 11.8. The molecule has 25 heavy (non-hydrogen) atoms. The minimum Gasteiger partial charge on any atom is -0.492 e. The zero-order chi connectivity index (χ0) is 18.3. The van der Waals surface area contributed by atoms with Gasteiger partial charge in [0.1, 0.15) is 12.4 Å². The van der Waals surface area contributed by atoms with Gasteiger partial charge in [0.15, 0.2) is 6.61 Å². The van der Waals surface area contributed by atoms with Crippen molar-refractivity contribution in [3.05, 3.63) is 54.2 Å². The molecule has 0 aliphatic rings. The Morgan fingerprint density at radius 1 is 1.12 bits per heavy atom. The normalized spacial score (nSPS) is 11.0. The standard InChI is InChI=1S/C17H17F3N2O3/c1-22(9-10-24-14-5-3-2-4-6-14)16(23)13-7-8-15(21-11-13)25-12-17(18,19)20/h2-8,11H,9-10,12H2,1H3.